The van der Waals surface area contributed by atoms with E-state index < -0.39 is 59.8 Å². The first-order valence-corrected chi connectivity index (χ1v) is 27.7. The van der Waals surface area contributed by atoms with E-state index in [1.54, 1.807) is 0 Å². The molecule has 0 radical (unpaired) electrons. The Morgan fingerprint density at radius 1 is 0.559 bits per heavy atom. The van der Waals surface area contributed by atoms with Crippen molar-refractivity contribution in [1.29, 1.82) is 0 Å². The quantitative estimate of drug-likeness (QED) is 0.0197. The summed E-state index contributed by atoms with van der Waals surface area (Å²) in [5, 5.41) is 30.8. The number of rotatable bonds is 45. The highest BCUT2D eigenvalue weighted by molar-refractivity contribution is 7.80. The average Bonchev–Trinajstić information content (AvgIpc) is 3.31. The van der Waals surface area contributed by atoms with Crippen LogP contribution in [0.1, 0.15) is 194 Å². The summed E-state index contributed by atoms with van der Waals surface area (Å²) in [6, 6.07) is 0. The van der Waals surface area contributed by atoms with E-state index in [1.807, 2.05) is 0 Å². The van der Waals surface area contributed by atoms with Crippen molar-refractivity contribution in [2.75, 3.05) is 26.4 Å². The molecule has 1 saturated heterocycles. The third-order valence-electron chi connectivity index (χ3n) is 11.5. The van der Waals surface area contributed by atoms with Gasteiger partial charge in [0.2, 0.25) is 0 Å². The molecule has 68 heavy (non-hydrogen) atoms. The maximum Gasteiger partial charge on any atom is 0.397 e. The van der Waals surface area contributed by atoms with E-state index in [2.05, 4.69) is 103 Å². The highest BCUT2D eigenvalue weighted by Crippen LogP contribution is 2.26. The largest absolute Gasteiger partial charge is 0.457 e. The summed E-state index contributed by atoms with van der Waals surface area (Å²) in [5.41, 5.74) is 0. The number of carbonyl (C=O) groups is 1. The lowest BCUT2D eigenvalue weighted by Gasteiger charge is -2.41. The van der Waals surface area contributed by atoms with E-state index in [1.165, 1.54) is 70.6 Å². The van der Waals surface area contributed by atoms with E-state index in [9.17, 15) is 33.1 Å². The zero-order valence-corrected chi connectivity index (χ0v) is 43.0. The molecule has 12 nitrogen and oxygen atoms in total. The van der Waals surface area contributed by atoms with Crippen molar-refractivity contribution >= 4 is 16.4 Å². The van der Waals surface area contributed by atoms with Gasteiger partial charge in [-0.15, -0.1) is 0 Å². The number of hydrogen-bond donors (Lipinski definition) is 4. The van der Waals surface area contributed by atoms with Crippen molar-refractivity contribution in [3.05, 3.63) is 85.1 Å². The monoisotopic (exact) mass is 979 g/mol. The first-order valence-electron chi connectivity index (χ1n) is 26.3. The topological polar surface area (TPSA) is 178 Å². The Bertz CT molecular complexity index is 1500. The predicted molar refractivity (Wildman–Crippen MR) is 275 cm³/mol. The summed E-state index contributed by atoms with van der Waals surface area (Å²) in [5.74, 6) is -0.418. The zero-order chi connectivity index (χ0) is 49.6. The zero-order valence-electron chi connectivity index (χ0n) is 42.1. The van der Waals surface area contributed by atoms with Gasteiger partial charge in [0.05, 0.1) is 19.8 Å². The van der Waals surface area contributed by atoms with Crippen molar-refractivity contribution in [2.24, 2.45) is 0 Å². The molecule has 0 aromatic carbocycles. The highest BCUT2D eigenvalue weighted by Gasteiger charge is 2.48. The summed E-state index contributed by atoms with van der Waals surface area (Å²) in [6.07, 6.45) is 51.9. The molecule has 0 aromatic heterocycles. The van der Waals surface area contributed by atoms with Gasteiger partial charge < -0.3 is 34.3 Å². The van der Waals surface area contributed by atoms with Crippen molar-refractivity contribution < 1.29 is 56.2 Å². The molecule has 1 fully saturated rings. The van der Waals surface area contributed by atoms with Gasteiger partial charge in [0.1, 0.15) is 30.5 Å². The van der Waals surface area contributed by atoms with Gasteiger partial charge in [-0.2, -0.15) is 8.42 Å². The van der Waals surface area contributed by atoms with Gasteiger partial charge in [0.15, 0.2) is 6.29 Å². The van der Waals surface area contributed by atoms with Crippen LogP contribution in [-0.4, -0.2) is 97.5 Å². The van der Waals surface area contributed by atoms with Gasteiger partial charge in [0.25, 0.3) is 0 Å². The minimum absolute atomic E-state index is 0.0239. The number of aliphatic hydroxyl groups is 3. The number of carbonyl (C=O) groups excluding carboxylic acids is 1. The summed E-state index contributed by atoms with van der Waals surface area (Å²) in [4.78, 5) is 12.9. The van der Waals surface area contributed by atoms with Crippen LogP contribution in [0, 0.1) is 0 Å². The average molecular weight is 979 g/mol. The lowest BCUT2D eigenvalue weighted by molar-refractivity contribution is -0.301. The molecule has 0 spiro atoms. The molecule has 4 N–H and O–H groups in total. The molecule has 0 amide bonds. The molecule has 0 aliphatic carbocycles. The molecule has 392 valence electrons. The molecule has 0 aromatic rings. The van der Waals surface area contributed by atoms with E-state index in [0.29, 0.717) is 13.0 Å². The minimum atomic E-state index is -5.07. The van der Waals surface area contributed by atoms with Gasteiger partial charge in [-0.05, 0) is 83.5 Å². The summed E-state index contributed by atoms with van der Waals surface area (Å²) < 4.78 is 59.3. The molecular weight excluding hydrogens is 885 g/mol. The maximum atomic E-state index is 12.9. The lowest BCUT2D eigenvalue weighted by Crippen LogP contribution is -2.60. The van der Waals surface area contributed by atoms with Gasteiger partial charge in [-0.25, -0.2) is 4.18 Å². The smallest absolute Gasteiger partial charge is 0.397 e. The first kappa shape index (κ1) is 63.3. The Balaban J connectivity index is 2.31. The number of esters is 1. The number of hydrogen-bond acceptors (Lipinski definition) is 11. The molecular formula is C55H94O12S. The van der Waals surface area contributed by atoms with Crippen LogP contribution in [0.4, 0.5) is 0 Å². The Labute approximate surface area is 413 Å². The molecule has 1 aliphatic rings. The van der Waals surface area contributed by atoms with Crippen LogP contribution in [0.25, 0.3) is 0 Å². The second-order valence-corrected chi connectivity index (χ2v) is 18.7. The van der Waals surface area contributed by atoms with Crippen molar-refractivity contribution in [3.63, 3.8) is 0 Å². The van der Waals surface area contributed by atoms with Crippen LogP contribution < -0.4 is 0 Å². The van der Waals surface area contributed by atoms with Gasteiger partial charge >= 0.3 is 16.4 Å². The fraction of sp³-hybridized carbons (Fsp3) is 0.727. The Kier molecular flexibility index (Phi) is 42.3. The molecule has 1 rings (SSSR count). The van der Waals surface area contributed by atoms with Gasteiger partial charge in [0, 0.05) is 13.0 Å². The first-order chi connectivity index (χ1) is 33.1. The molecule has 1 aliphatic heterocycles. The van der Waals surface area contributed by atoms with Crippen LogP contribution in [0.2, 0.25) is 0 Å². The third kappa shape index (κ3) is 38.1. The SMILES string of the molecule is CC/C=C\C/C=C\C/C=C\C/C=C\CCCCCCCCCCCCCCCOCC(COC1OC(CO)C(O)C(OS(=O)(=O)O)C1O)OC(=O)CCCCCCC/C=C\C/C=C\C/C=C\CC. The highest BCUT2D eigenvalue weighted by atomic mass is 32.3. The number of ether oxygens (including phenoxy) is 4. The second kappa shape index (κ2) is 45.4. The Morgan fingerprint density at radius 2 is 0.971 bits per heavy atom. The van der Waals surface area contributed by atoms with Crippen LogP contribution in [-0.2, 0) is 38.3 Å². The van der Waals surface area contributed by atoms with Crippen LogP contribution in [0.3, 0.4) is 0 Å². The maximum absolute atomic E-state index is 12.9. The minimum Gasteiger partial charge on any atom is -0.457 e. The predicted octanol–water partition coefficient (Wildman–Crippen LogP) is 12.4. The van der Waals surface area contributed by atoms with Crippen molar-refractivity contribution in [1.82, 2.24) is 0 Å². The second-order valence-electron chi connectivity index (χ2n) is 17.7. The fourth-order valence-electron chi connectivity index (χ4n) is 7.62. The van der Waals surface area contributed by atoms with Gasteiger partial charge in [-0.3, -0.25) is 9.35 Å². The van der Waals surface area contributed by atoms with Crippen LogP contribution in [0.15, 0.2) is 85.1 Å². The normalized spacial score (nSPS) is 20.0. The van der Waals surface area contributed by atoms with E-state index >= 15 is 0 Å². The fourth-order valence-corrected chi connectivity index (χ4v) is 8.13. The summed E-state index contributed by atoms with van der Waals surface area (Å²) in [7, 11) is -5.07. The third-order valence-corrected chi connectivity index (χ3v) is 12.0. The Morgan fingerprint density at radius 3 is 1.41 bits per heavy atom. The van der Waals surface area contributed by atoms with E-state index in [-0.39, 0.29) is 19.6 Å². The number of unbranched alkanes of at least 4 members (excludes halogenated alkanes) is 18. The lowest BCUT2D eigenvalue weighted by atomic mass is 9.99. The molecule has 13 heteroatoms. The summed E-state index contributed by atoms with van der Waals surface area (Å²) in [6.45, 7) is 3.74. The van der Waals surface area contributed by atoms with Crippen molar-refractivity contribution in [3.8, 4) is 0 Å². The standard InChI is InChI=1S/C55H94O12S/c1-3-5-7-9-11-13-15-17-19-20-21-22-23-24-25-26-27-28-29-31-33-35-37-39-41-43-45-63-47-49(48-64-55-53(59)54(67-68(60,61)62)52(58)50(46-56)66-55)65-51(57)44-42-40-38-36-34-32-30-18-16-14-12-10-8-6-4-2/h5-8,11-14,17-19,21-22,30,49-50,52-56,58-59H,3-4,9-10,15-16,20,23-29,31-48H2,1-2H3,(H,60,61,62)/b7-5-,8-6-,13-11-,14-12-,19-17-,22-21-,30-18-. The van der Waals surface area contributed by atoms with Crippen LogP contribution in [0.5, 0.6) is 0 Å². The number of allylic oxidation sites excluding steroid dienone is 14. The van der Waals surface area contributed by atoms with E-state index in [0.717, 1.165) is 96.3 Å². The summed E-state index contributed by atoms with van der Waals surface area (Å²) >= 11 is 0. The Hall–Kier alpha value is -2.72. The van der Waals surface area contributed by atoms with Gasteiger partial charge in [-0.1, -0.05) is 189 Å². The van der Waals surface area contributed by atoms with E-state index in [4.69, 9.17) is 18.9 Å². The molecule has 1 heterocycles. The molecule has 6 atom stereocenters. The number of aliphatic hydroxyl groups excluding tert-OH is 3. The molecule has 6 unspecified atom stereocenters. The molecule has 0 bridgehead atoms. The molecule has 0 saturated carbocycles. The van der Waals surface area contributed by atoms with Crippen molar-refractivity contribution in [2.45, 2.75) is 230 Å². The van der Waals surface area contributed by atoms with Crippen LogP contribution >= 0.6 is 0 Å².